The first kappa shape index (κ1) is 12.8. The molecule has 0 saturated heterocycles. The summed E-state index contributed by atoms with van der Waals surface area (Å²) in [7, 11) is 0. The third-order valence-corrected chi connectivity index (χ3v) is 4.07. The van der Waals surface area contributed by atoms with Gasteiger partial charge in [-0.15, -0.1) is 10.2 Å². The standard InChI is InChI=1S/C14H15N5S/c1-3-10-6-4-5-7-12(10)19-9(2)11(8-16-19)13-17-18-14(15)20-13/h4-8H,3H2,1-2H3,(H2,15,18). The molecule has 2 aromatic heterocycles. The van der Waals surface area contributed by atoms with E-state index in [2.05, 4.69) is 34.4 Å². The molecule has 0 aliphatic carbocycles. The van der Waals surface area contributed by atoms with Gasteiger partial charge in [0.05, 0.1) is 23.1 Å². The van der Waals surface area contributed by atoms with Crippen molar-refractivity contribution in [2.24, 2.45) is 0 Å². The van der Waals surface area contributed by atoms with Crippen molar-refractivity contribution in [3.8, 4) is 16.3 Å². The van der Waals surface area contributed by atoms with Gasteiger partial charge in [0, 0.05) is 0 Å². The number of nitrogens with two attached hydrogens (primary N) is 1. The maximum absolute atomic E-state index is 5.65. The van der Waals surface area contributed by atoms with Crippen LogP contribution in [0.2, 0.25) is 0 Å². The largest absolute Gasteiger partial charge is 0.374 e. The zero-order valence-electron chi connectivity index (χ0n) is 11.4. The Bertz CT molecular complexity index is 744. The first-order valence-corrected chi connectivity index (χ1v) is 7.24. The number of anilines is 1. The van der Waals surface area contributed by atoms with Gasteiger partial charge in [-0.05, 0) is 25.0 Å². The molecule has 0 radical (unpaired) electrons. The van der Waals surface area contributed by atoms with E-state index in [-0.39, 0.29) is 0 Å². The van der Waals surface area contributed by atoms with Crippen LogP contribution in [-0.4, -0.2) is 20.0 Å². The molecule has 0 amide bonds. The maximum atomic E-state index is 5.65. The third kappa shape index (κ3) is 2.08. The van der Waals surface area contributed by atoms with Gasteiger partial charge in [-0.1, -0.05) is 36.5 Å². The second-order valence-corrected chi connectivity index (χ2v) is 5.49. The van der Waals surface area contributed by atoms with Crippen molar-refractivity contribution >= 4 is 16.5 Å². The highest BCUT2D eigenvalue weighted by Gasteiger charge is 2.14. The van der Waals surface area contributed by atoms with Gasteiger partial charge < -0.3 is 5.73 Å². The third-order valence-electron chi connectivity index (χ3n) is 3.28. The lowest BCUT2D eigenvalue weighted by Gasteiger charge is -2.09. The molecular weight excluding hydrogens is 270 g/mol. The second kappa shape index (κ2) is 5.05. The molecule has 2 heterocycles. The first-order chi connectivity index (χ1) is 9.70. The number of aromatic nitrogens is 4. The minimum absolute atomic E-state index is 0.473. The number of benzene rings is 1. The number of aryl methyl sites for hydroxylation is 1. The molecule has 5 nitrogen and oxygen atoms in total. The monoisotopic (exact) mass is 285 g/mol. The van der Waals surface area contributed by atoms with Crippen molar-refractivity contribution in [2.45, 2.75) is 20.3 Å². The SMILES string of the molecule is CCc1ccccc1-n1ncc(-c2nnc(N)s2)c1C. The number of nitrogen functional groups attached to an aromatic ring is 1. The number of hydrogen-bond donors (Lipinski definition) is 1. The summed E-state index contributed by atoms with van der Waals surface area (Å²) in [5.74, 6) is 0. The van der Waals surface area contributed by atoms with Crippen LogP contribution in [0.1, 0.15) is 18.2 Å². The Kier molecular flexibility index (Phi) is 3.23. The number of nitrogens with zero attached hydrogens (tertiary/aromatic N) is 4. The Morgan fingerprint density at radius 1 is 1.25 bits per heavy atom. The molecule has 6 heteroatoms. The molecule has 102 valence electrons. The predicted molar refractivity (Wildman–Crippen MR) is 81.0 cm³/mol. The number of rotatable bonds is 3. The average molecular weight is 285 g/mol. The summed E-state index contributed by atoms with van der Waals surface area (Å²) in [6.07, 6.45) is 2.79. The fourth-order valence-electron chi connectivity index (χ4n) is 2.22. The van der Waals surface area contributed by atoms with Crippen molar-refractivity contribution in [1.82, 2.24) is 20.0 Å². The van der Waals surface area contributed by atoms with Crippen LogP contribution in [0.5, 0.6) is 0 Å². The smallest absolute Gasteiger partial charge is 0.203 e. The molecule has 20 heavy (non-hydrogen) atoms. The van der Waals surface area contributed by atoms with Crippen molar-refractivity contribution in [3.63, 3.8) is 0 Å². The van der Waals surface area contributed by atoms with E-state index in [0.717, 1.165) is 28.4 Å². The van der Waals surface area contributed by atoms with Crippen LogP contribution in [0.4, 0.5) is 5.13 Å². The Morgan fingerprint density at radius 2 is 2.05 bits per heavy atom. The van der Waals surface area contributed by atoms with Crippen LogP contribution in [0.3, 0.4) is 0 Å². The quantitative estimate of drug-likeness (QED) is 0.803. The normalized spacial score (nSPS) is 10.9. The number of para-hydroxylation sites is 1. The van der Waals surface area contributed by atoms with Crippen LogP contribution in [0, 0.1) is 6.92 Å². The van der Waals surface area contributed by atoms with Gasteiger partial charge in [-0.3, -0.25) is 0 Å². The minimum Gasteiger partial charge on any atom is -0.374 e. The van der Waals surface area contributed by atoms with Crippen LogP contribution in [0.15, 0.2) is 30.5 Å². The molecule has 0 aliphatic rings. The molecule has 3 rings (SSSR count). The zero-order valence-corrected chi connectivity index (χ0v) is 12.2. The van der Waals surface area contributed by atoms with Crippen LogP contribution in [0.25, 0.3) is 16.3 Å². The number of hydrogen-bond acceptors (Lipinski definition) is 5. The summed E-state index contributed by atoms with van der Waals surface area (Å²) in [6.45, 7) is 4.18. The lowest BCUT2D eigenvalue weighted by Crippen LogP contribution is -2.02. The Hall–Kier alpha value is -2.21. The van der Waals surface area contributed by atoms with E-state index < -0.39 is 0 Å². The van der Waals surface area contributed by atoms with E-state index in [1.165, 1.54) is 16.9 Å². The average Bonchev–Trinajstić information content (AvgIpc) is 3.05. The van der Waals surface area contributed by atoms with Gasteiger partial charge >= 0.3 is 0 Å². The molecule has 0 bridgehead atoms. The summed E-state index contributed by atoms with van der Waals surface area (Å²) in [4.78, 5) is 0. The molecule has 0 saturated carbocycles. The lowest BCUT2D eigenvalue weighted by atomic mass is 10.1. The van der Waals surface area contributed by atoms with Crippen molar-refractivity contribution in [2.75, 3.05) is 5.73 Å². The molecule has 3 aromatic rings. The summed E-state index contributed by atoms with van der Waals surface area (Å²) in [5.41, 5.74) is 10.0. The minimum atomic E-state index is 0.473. The first-order valence-electron chi connectivity index (χ1n) is 6.43. The molecule has 1 aromatic carbocycles. The summed E-state index contributed by atoms with van der Waals surface area (Å²) >= 11 is 1.38. The van der Waals surface area contributed by atoms with Crippen molar-refractivity contribution < 1.29 is 0 Å². The summed E-state index contributed by atoms with van der Waals surface area (Å²) in [6, 6.07) is 8.28. The highest BCUT2D eigenvalue weighted by atomic mass is 32.1. The van der Waals surface area contributed by atoms with Crippen molar-refractivity contribution in [1.29, 1.82) is 0 Å². The van der Waals surface area contributed by atoms with E-state index in [1.807, 2.05) is 29.9 Å². The lowest BCUT2D eigenvalue weighted by molar-refractivity contribution is 0.833. The van der Waals surface area contributed by atoms with Gasteiger partial charge in [0.15, 0.2) is 5.01 Å². The highest BCUT2D eigenvalue weighted by molar-refractivity contribution is 7.18. The molecule has 0 fully saturated rings. The molecule has 0 unspecified atom stereocenters. The highest BCUT2D eigenvalue weighted by Crippen LogP contribution is 2.29. The van der Waals surface area contributed by atoms with E-state index in [0.29, 0.717) is 5.13 Å². The molecular formula is C14H15N5S. The Morgan fingerprint density at radius 3 is 2.75 bits per heavy atom. The van der Waals surface area contributed by atoms with Gasteiger partial charge in [0.25, 0.3) is 0 Å². The zero-order chi connectivity index (χ0) is 14.1. The maximum Gasteiger partial charge on any atom is 0.203 e. The van der Waals surface area contributed by atoms with Crippen LogP contribution < -0.4 is 5.73 Å². The molecule has 0 atom stereocenters. The molecule has 0 aliphatic heterocycles. The molecule has 2 N–H and O–H groups in total. The van der Waals surface area contributed by atoms with Gasteiger partial charge in [-0.25, -0.2) is 4.68 Å². The fraction of sp³-hybridized carbons (Fsp3) is 0.214. The van der Waals surface area contributed by atoms with Gasteiger partial charge in [0.1, 0.15) is 0 Å². The summed E-state index contributed by atoms with van der Waals surface area (Å²) < 4.78 is 1.95. The predicted octanol–water partition coefficient (Wildman–Crippen LogP) is 2.84. The van der Waals surface area contributed by atoms with Crippen molar-refractivity contribution in [3.05, 3.63) is 41.7 Å². The van der Waals surface area contributed by atoms with Crippen LogP contribution >= 0.6 is 11.3 Å². The van der Waals surface area contributed by atoms with E-state index in [4.69, 9.17) is 5.73 Å². The Labute approximate surface area is 121 Å². The van der Waals surface area contributed by atoms with E-state index in [9.17, 15) is 0 Å². The topological polar surface area (TPSA) is 69.6 Å². The Balaban J connectivity index is 2.11. The second-order valence-electron chi connectivity index (χ2n) is 4.48. The van der Waals surface area contributed by atoms with Gasteiger partial charge in [0.2, 0.25) is 5.13 Å². The van der Waals surface area contributed by atoms with Gasteiger partial charge in [-0.2, -0.15) is 5.10 Å². The van der Waals surface area contributed by atoms with E-state index in [1.54, 1.807) is 0 Å². The summed E-state index contributed by atoms with van der Waals surface area (Å²) in [5, 5.41) is 13.7. The molecule has 0 spiro atoms. The van der Waals surface area contributed by atoms with E-state index >= 15 is 0 Å². The van der Waals surface area contributed by atoms with Crippen LogP contribution in [-0.2, 0) is 6.42 Å². The fourth-order valence-corrected chi connectivity index (χ4v) is 2.89.